The Labute approximate surface area is 377 Å². The first-order valence-electron chi connectivity index (χ1n) is 22.9. The Bertz CT molecular complexity index is 3900. The molecule has 8 aromatic carbocycles. The summed E-state index contributed by atoms with van der Waals surface area (Å²) in [6.45, 7) is 18.5. The summed E-state index contributed by atoms with van der Waals surface area (Å²) >= 11 is 1.91. The summed E-state index contributed by atoms with van der Waals surface area (Å²) in [6.07, 6.45) is 0. The molecular weight excluding hydrogens is 796 g/mol. The van der Waals surface area contributed by atoms with Crippen molar-refractivity contribution in [2.75, 3.05) is 4.81 Å². The van der Waals surface area contributed by atoms with Crippen LogP contribution in [0.4, 0.5) is 11.4 Å². The number of fused-ring (bicyclic) bond motifs is 17. The van der Waals surface area contributed by atoms with E-state index in [1.165, 1.54) is 120 Å². The average molecular weight is 843 g/mol. The fraction of sp³-hybridized carbons (Fsp3) is 0.186. The molecule has 64 heavy (non-hydrogen) atoms. The predicted octanol–water partition coefficient (Wildman–Crippen LogP) is 15.2. The Morgan fingerprint density at radius 2 is 1.25 bits per heavy atom. The maximum Gasteiger partial charge on any atom is 0.333 e. The molecule has 1 aliphatic carbocycles. The molecule has 2 aliphatic heterocycles. The standard InChI is InChI=1S/C59H47BN2OS/c1-57(2,3)32-17-20-34(21-18-32)62-49-31-52-43(42-25-33(58(4,5)6)19-24-51(42)63-52)27-40(49)37-22-23-38-41-26-39-35-13-9-11-15-45(35)59(7,8)46(39)29-48(41)61-50-28-44-36-14-10-12-16-53(36)64-54(44)30-47(50)60(62)55(37)56(38)61/h9-31H,1-8H3. The minimum Gasteiger partial charge on any atom is -0.456 e. The maximum atomic E-state index is 6.83. The van der Waals surface area contributed by atoms with Gasteiger partial charge in [-0.15, -0.1) is 11.3 Å². The van der Waals surface area contributed by atoms with E-state index in [4.69, 9.17) is 4.42 Å². The van der Waals surface area contributed by atoms with Crippen LogP contribution < -0.4 is 15.7 Å². The van der Waals surface area contributed by atoms with Crippen LogP contribution in [-0.4, -0.2) is 11.4 Å². The van der Waals surface area contributed by atoms with Crippen LogP contribution in [0.2, 0.25) is 0 Å². The van der Waals surface area contributed by atoms with Gasteiger partial charge in [0.25, 0.3) is 0 Å². The van der Waals surface area contributed by atoms with Crippen LogP contribution in [0.25, 0.3) is 91.9 Å². The summed E-state index contributed by atoms with van der Waals surface area (Å²) in [5.74, 6) is 0. The topological polar surface area (TPSA) is 21.3 Å². The van der Waals surface area contributed by atoms with Gasteiger partial charge in [-0.2, -0.15) is 0 Å². The molecule has 0 fully saturated rings. The number of rotatable bonds is 1. The highest BCUT2D eigenvalue weighted by Crippen LogP contribution is 2.53. The molecule has 0 amide bonds. The molecule has 0 saturated heterocycles. The Kier molecular flexibility index (Phi) is 6.89. The molecule has 14 rings (SSSR count). The van der Waals surface area contributed by atoms with Crippen LogP contribution in [0.1, 0.15) is 77.6 Å². The first-order chi connectivity index (χ1) is 30.7. The van der Waals surface area contributed by atoms with E-state index in [0.29, 0.717) is 0 Å². The normalized spacial score (nSPS) is 14.9. The summed E-state index contributed by atoms with van der Waals surface area (Å²) in [5.41, 5.74) is 21.4. The number of nitrogens with zero attached hydrogens (tertiary/aromatic N) is 2. The third-order valence-corrected chi connectivity index (χ3v) is 16.4. The zero-order valence-electron chi connectivity index (χ0n) is 37.6. The molecule has 3 nitrogen and oxygen atoms in total. The zero-order valence-corrected chi connectivity index (χ0v) is 38.4. The van der Waals surface area contributed by atoms with Gasteiger partial charge in [0, 0.05) is 75.8 Å². The van der Waals surface area contributed by atoms with Gasteiger partial charge >= 0.3 is 6.85 Å². The van der Waals surface area contributed by atoms with Crippen LogP contribution in [0.15, 0.2) is 144 Å². The van der Waals surface area contributed by atoms with Gasteiger partial charge in [-0.25, -0.2) is 0 Å². The van der Waals surface area contributed by atoms with Crippen molar-refractivity contribution in [1.82, 2.24) is 4.57 Å². The molecule has 5 heterocycles. The number of anilines is 2. The lowest BCUT2D eigenvalue weighted by Gasteiger charge is -2.42. The molecular formula is C59H47BN2OS. The number of aromatic nitrogens is 1. The molecule has 0 atom stereocenters. The third kappa shape index (κ3) is 4.68. The van der Waals surface area contributed by atoms with Gasteiger partial charge in [-0.1, -0.05) is 128 Å². The lowest BCUT2D eigenvalue weighted by atomic mass is 9.44. The highest BCUT2D eigenvalue weighted by atomic mass is 32.1. The van der Waals surface area contributed by atoms with E-state index in [1.54, 1.807) is 0 Å². The van der Waals surface area contributed by atoms with Crippen LogP contribution >= 0.6 is 11.3 Å². The van der Waals surface area contributed by atoms with Crippen LogP contribution in [0, 0.1) is 0 Å². The molecule has 0 unspecified atom stereocenters. The predicted molar refractivity (Wildman–Crippen MR) is 275 cm³/mol. The van der Waals surface area contributed by atoms with E-state index in [1.807, 2.05) is 11.3 Å². The molecule has 308 valence electrons. The first kappa shape index (κ1) is 36.9. The average Bonchev–Trinajstić information content (AvgIpc) is 3.99. The molecule has 0 radical (unpaired) electrons. The Balaban J connectivity index is 1.15. The van der Waals surface area contributed by atoms with E-state index < -0.39 is 0 Å². The summed E-state index contributed by atoms with van der Waals surface area (Å²) in [5, 5.41) is 7.59. The van der Waals surface area contributed by atoms with Crippen LogP contribution in [0.3, 0.4) is 0 Å². The smallest absolute Gasteiger partial charge is 0.333 e. The number of thiophene rings is 1. The lowest BCUT2D eigenvalue weighted by molar-refractivity contribution is 0.590. The molecule has 0 spiro atoms. The zero-order chi connectivity index (χ0) is 43.3. The van der Waals surface area contributed by atoms with E-state index in [-0.39, 0.29) is 23.1 Å². The first-order valence-corrected chi connectivity index (χ1v) is 23.7. The largest absolute Gasteiger partial charge is 0.456 e. The van der Waals surface area contributed by atoms with Crippen molar-refractivity contribution >= 4 is 104 Å². The molecule has 5 heteroatoms. The van der Waals surface area contributed by atoms with Crippen molar-refractivity contribution < 1.29 is 4.42 Å². The minimum atomic E-state index is -0.121. The third-order valence-electron chi connectivity index (χ3n) is 15.3. The molecule has 11 aromatic rings. The molecule has 0 bridgehead atoms. The fourth-order valence-electron chi connectivity index (χ4n) is 11.9. The minimum absolute atomic E-state index is 0.0164. The van der Waals surface area contributed by atoms with Gasteiger partial charge in [0.1, 0.15) is 11.2 Å². The molecule has 0 N–H and O–H groups in total. The number of benzene rings is 8. The molecule has 3 aliphatic rings. The van der Waals surface area contributed by atoms with Gasteiger partial charge in [0.15, 0.2) is 0 Å². The van der Waals surface area contributed by atoms with Crippen molar-refractivity contribution in [3.05, 3.63) is 162 Å². The SMILES string of the molecule is CC(C)(C)c1ccc(N2B3c4cc5sc6ccccc6c5cc4-n4c5cc6c(cc5c5ccc(c3c54)-c3cc4c(cc32)oc2ccc(C(C)(C)C)cc24)-c2ccccc2C6(C)C)cc1. The van der Waals surface area contributed by atoms with Crippen molar-refractivity contribution in [3.8, 4) is 27.9 Å². The Morgan fingerprint density at radius 3 is 2.06 bits per heavy atom. The number of hydrogen-bond acceptors (Lipinski definition) is 3. The quantitative estimate of drug-likeness (QED) is 0.154. The van der Waals surface area contributed by atoms with Crippen LogP contribution in [-0.2, 0) is 16.2 Å². The highest BCUT2D eigenvalue weighted by molar-refractivity contribution is 7.26. The van der Waals surface area contributed by atoms with Crippen molar-refractivity contribution in [3.63, 3.8) is 0 Å². The van der Waals surface area contributed by atoms with Gasteiger partial charge in [0.05, 0.1) is 11.0 Å². The second kappa shape index (κ2) is 12.0. The molecule has 0 saturated carbocycles. The molecule has 3 aromatic heterocycles. The van der Waals surface area contributed by atoms with E-state index in [2.05, 4.69) is 204 Å². The summed E-state index contributed by atoms with van der Waals surface area (Å²) in [6, 6.07) is 54.0. The lowest BCUT2D eigenvalue weighted by Crippen LogP contribution is -2.60. The highest BCUT2D eigenvalue weighted by Gasteiger charge is 2.45. The van der Waals surface area contributed by atoms with E-state index >= 15 is 0 Å². The second-order valence-corrected chi connectivity index (χ2v) is 22.4. The van der Waals surface area contributed by atoms with Crippen molar-refractivity contribution in [1.29, 1.82) is 0 Å². The summed E-state index contributed by atoms with van der Waals surface area (Å²) in [4.78, 5) is 2.65. The van der Waals surface area contributed by atoms with Gasteiger partial charge in [0.2, 0.25) is 0 Å². The van der Waals surface area contributed by atoms with Crippen molar-refractivity contribution in [2.45, 2.75) is 71.6 Å². The Hall–Kier alpha value is -6.56. The van der Waals surface area contributed by atoms with Crippen LogP contribution in [0.5, 0.6) is 0 Å². The Morgan fingerprint density at radius 1 is 0.516 bits per heavy atom. The summed E-state index contributed by atoms with van der Waals surface area (Å²) < 4.78 is 12.1. The van der Waals surface area contributed by atoms with Gasteiger partial charge < -0.3 is 13.8 Å². The second-order valence-electron chi connectivity index (χ2n) is 21.3. The fourth-order valence-corrected chi connectivity index (χ4v) is 13.1. The van der Waals surface area contributed by atoms with E-state index in [0.717, 1.165) is 16.6 Å². The summed E-state index contributed by atoms with van der Waals surface area (Å²) in [7, 11) is 0. The number of hydrogen-bond donors (Lipinski definition) is 0. The number of furan rings is 1. The van der Waals surface area contributed by atoms with Gasteiger partial charge in [-0.05, 0) is 121 Å². The monoisotopic (exact) mass is 842 g/mol. The van der Waals surface area contributed by atoms with Crippen molar-refractivity contribution in [2.24, 2.45) is 0 Å². The van der Waals surface area contributed by atoms with E-state index in [9.17, 15) is 0 Å². The maximum absolute atomic E-state index is 6.83. The van der Waals surface area contributed by atoms with Gasteiger partial charge in [-0.3, -0.25) is 0 Å².